The van der Waals surface area contributed by atoms with Gasteiger partial charge in [-0.2, -0.15) is 0 Å². The van der Waals surface area contributed by atoms with Crippen molar-refractivity contribution in [2.45, 2.75) is 31.7 Å². The highest BCUT2D eigenvalue weighted by Crippen LogP contribution is 2.25. The molecule has 1 aliphatic carbocycles. The van der Waals surface area contributed by atoms with Gasteiger partial charge in [0.25, 0.3) is 5.91 Å². The van der Waals surface area contributed by atoms with Crippen molar-refractivity contribution in [2.24, 2.45) is 5.92 Å². The molecule has 0 aromatic carbocycles. The normalized spacial score (nSPS) is 22.1. The minimum absolute atomic E-state index is 0.0248. The van der Waals surface area contributed by atoms with Gasteiger partial charge in [0.05, 0.1) is 13.0 Å². The maximum absolute atomic E-state index is 12.1. The summed E-state index contributed by atoms with van der Waals surface area (Å²) >= 11 is 3.24. The van der Waals surface area contributed by atoms with Crippen LogP contribution >= 0.6 is 15.9 Å². The highest BCUT2D eigenvalue weighted by Gasteiger charge is 2.27. The fourth-order valence-electron chi connectivity index (χ4n) is 2.45. The number of rotatable bonds is 3. The zero-order valence-corrected chi connectivity index (χ0v) is 12.9. The molecule has 1 aromatic rings. The van der Waals surface area contributed by atoms with Crippen LogP contribution in [0.4, 0.5) is 0 Å². The Hall–Kier alpha value is -1.43. The Morgan fingerprint density at radius 3 is 2.65 bits per heavy atom. The van der Waals surface area contributed by atoms with Crippen molar-refractivity contribution in [2.75, 3.05) is 7.11 Å². The molecule has 1 saturated carbocycles. The summed E-state index contributed by atoms with van der Waals surface area (Å²) in [5.41, 5.74) is 0.585. The van der Waals surface area contributed by atoms with Crippen molar-refractivity contribution in [1.29, 1.82) is 0 Å². The van der Waals surface area contributed by atoms with Gasteiger partial charge in [0.15, 0.2) is 0 Å². The number of nitrogens with zero attached hydrogens (tertiary/aromatic N) is 1. The third-order valence-electron chi connectivity index (χ3n) is 3.59. The average molecular weight is 341 g/mol. The van der Waals surface area contributed by atoms with Gasteiger partial charge in [-0.25, -0.2) is 4.98 Å². The maximum Gasteiger partial charge on any atom is 0.308 e. The van der Waals surface area contributed by atoms with Crippen LogP contribution in [-0.2, 0) is 9.53 Å². The SMILES string of the molecule is COC(=O)C1CCC(NC(=O)c2ccnc(Br)c2)CC1. The van der Waals surface area contributed by atoms with E-state index in [1.165, 1.54) is 7.11 Å². The summed E-state index contributed by atoms with van der Waals surface area (Å²) in [4.78, 5) is 27.5. The van der Waals surface area contributed by atoms with Crippen LogP contribution in [0.15, 0.2) is 22.9 Å². The monoisotopic (exact) mass is 340 g/mol. The Morgan fingerprint density at radius 2 is 2.05 bits per heavy atom. The van der Waals surface area contributed by atoms with Gasteiger partial charge in [0, 0.05) is 17.8 Å². The lowest BCUT2D eigenvalue weighted by Crippen LogP contribution is -2.38. The molecule has 0 spiro atoms. The minimum atomic E-state index is -0.146. The van der Waals surface area contributed by atoms with E-state index in [0.29, 0.717) is 10.2 Å². The van der Waals surface area contributed by atoms with Crippen LogP contribution in [0.2, 0.25) is 0 Å². The molecule has 1 fully saturated rings. The van der Waals surface area contributed by atoms with Crippen LogP contribution in [0.25, 0.3) is 0 Å². The number of carbonyl (C=O) groups excluding carboxylic acids is 2. The zero-order chi connectivity index (χ0) is 14.5. The Kier molecular flexibility index (Phi) is 5.11. The second-order valence-corrected chi connectivity index (χ2v) is 5.72. The molecule has 1 amide bonds. The molecule has 108 valence electrons. The van der Waals surface area contributed by atoms with Gasteiger partial charge in [-0.05, 0) is 53.7 Å². The van der Waals surface area contributed by atoms with Crippen LogP contribution in [0.5, 0.6) is 0 Å². The van der Waals surface area contributed by atoms with Crippen LogP contribution in [0.3, 0.4) is 0 Å². The van der Waals surface area contributed by atoms with Gasteiger partial charge in [-0.3, -0.25) is 9.59 Å². The second-order valence-electron chi connectivity index (χ2n) is 4.91. The standard InChI is InChI=1S/C14H17BrN2O3/c1-20-14(19)9-2-4-11(5-3-9)17-13(18)10-6-7-16-12(15)8-10/h6-9,11H,2-5H2,1H3,(H,17,18). The number of amides is 1. The maximum atomic E-state index is 12.1. The molecule has 0 aliphatic heterocycles. The Morgan fingerprint density at radius 1 is 1.35 bits per heavy atom. The van der Waals surface area contributed by atoms with E-state index in [4.69, 9.17) is 4.74 Å². The predicted molar refractivity (Wildman–Crippen MR) is 77.2 cm³/mol. The van der Waals surface area contributed by atoms with E-state index in [2.05, 4.69) is 26.2 Å². The second kappa shape index (κ2) is 6.83. The van der Waals surface area contributed by atoms with Crippen LogP contribution in [0.1, 0.15) is 36.0 Å². The summed E-state index contributed by atoms with van der Waals surface area (Å²) in [5.74, 6) is -0.273. The largest absolute Gasteiger partial charge is 0.469 e. The molecule has 0 bridgehead atoms. The summed E-state index contributed by atoms with van der Waals surface area (Å²) in [6.45, 7) is 0. The smallest absolute Gasteiger partial charge is 0.308 e. The number of halogens is 1. The van der Waals surface area contributed by atoms with Crippen molar-refractivity contribution in [3.8, 4) is 0 Å². The summed E-state index contributed by atoms with van der Waals surface area (Å²) in [6, 6.07) is 3.49. The highest BCUT2D eigenvalue weighted by atomic mass is 79.9. The fourth-order valence-corrected chi connectivity index (χ4v) is 2.82. The van der Waals surface area contributed by atoms with Gasteiger partial charge in [-0.1, -0.05) is 0 Å². The molecular formula is C14H17BrN2O3. The first kappa shape index (κ1) is 15.0. The average Bonchev–Trinajstić information content (AvgIpc) is 2.47. The molecule has 1 aliphatic rings. The molecule has 0 saturated heterocycles. The van der Waals surface area contributed by atoms with E-state index in [1.54, 1.807) is 18.3 Å². The lowest BCUT2D eigenvalue weighted by Gasteiger charge is -2.27. The lowest BCUT2D eigenvalue weighted by molar-refractivity contribution is -0.146. The van der Waals surface area contributed by atoms with Crippen LogP contribution in [0, 0.1) is 5.92 Å². The topological polar surface area (TPSA) is 68.3 Å². The third kappa shape index (κ3) is 3.79. The molecular weight excluding hydrogens is 324 g/mol. The molecule has 0 atom stereocenters. The van der Waals surface area contributed by atoms with Crippen LogP contribution < -0.4 is 5.32 Å². The Bertz CT molecular complexity index is 499. The van der Waals surface area contributed by atoms with E-state index in [-0.39, 0.29) is 23.8 Å². The van der Waals surface area contributed by atoms with E-state index in [0.717, 1.165) is 25.7 Å². The number of hydrogen-bond donors (Lipinski definition) is 1. The number of carbonyl (C=O) groups is 2. The van der Waals surface area contributed by atoms with E-state index in [9.17, 15) is 9.59 Å². The van der Waals surface area contributed by atoms with Gasteiger partial charge in [-0.15, -0.1) is 0 Å². The fraction of sp³-hybridized carbons (Fsp3) is 0.500. The molecule has 20 heavy (non-hydrogen) atoms. The first-order chi connectivity index (χ1) is 9.60. The number of nitrogens with one attached hydrogen (secondary N) is 1. The summed E-state index contributed by atoms with van der Waals surface area (Å²) in [5, 5.41) is 3.00. The molecule has 0 radical (unpaired) electrons. The first-order valence-electron chi connectivity index (χ1n) is 6.60. The van der Waals surface area contributed by atoms with Gasteiger partial charge >= 0.3 is 5.97 Å². The van der Waals surface area contributed by atoms with Crippen molar-refractivity contribution >= 4 is 27.8 Å². The zero-order valence-electron chi connectivity index (χ0n) is 11.3. The molecule has 0 unspecified atom stereocenters. The number of ether oxygens (including phenoxy) is 1. The van der Waals surface area contributed by atoms with Crippen LogP contribution in [-0.4, -0.2) is 30.0 Å². The number of aromatic nitrogens is 1. The Labute approximate surface area is 126 Å². The predicted octanol–water partition coefficient (Wildman–Crippen LogP) is 2.31. The van der Waals surface area contributed by atoms with E-state index in [1.807, 2.05) is 0 Å². The number of methoxy groups -OCH3 is 1. The minimum Gasteiger partial charge on any atom is -0.469 e. The summed E-state index contributed by atoms with van der Waals surface area (Å²) in [7, 11) is 1.41. The lowest BCUT2D eigenvalue weighted by atomic mass is 9.86. The van der Waals surface area contributed by atoms with Crippen molar-refractivity contribution < 1.29 is 14.3 Å². The van der Waals surface area contributed by atoms with Crippen molar-refractivity contribution in [3.63, 3.8) is 0 Å². The summed E-state index contributed by atoms with van der Waals surface area (Å²) < 4.78 is 5.39. The third-order valence-corrected chi connectivity index (χ3v) is 4.02. The molecule has 1 heterocycles. The van der Waals surface area contributed by atoms with Gasteiger partial charge in [0.2, 0.25) is 0 Å². The van der Waals surface area contributed by atoms with Gasteiger partial charge in [0.1, 0.15) is 4.60 Å². The van der Waals surface area contributed by atoms with Crippen molar-refractivity contribution in [3.05, 3.63) is 28.5 Å². The number of esters is 1. The Balaban J connectivity index is 1.86. The quantitative estimate of drug-likeness (QED) is 0.677. The molecule has 5 nitrogen and oxygen atoms in total. The van der Waals surface area contributed by atoms with E-state index >= 15 is 0 Å². The molecule has 2 rings (SSSR count). The molecule has 1 aromatic heterocycles. The van der Waals surface area contributed by atoms with Crippen molar-refractivity contribution in [1.82, 2.24) is 10.3 Å². The molecule has 1 N–H and O–H groups in total. The molecule has 6 heteroatoms. The van der Waals surface area contributed by atoms with E-state index < -0.39 is 0 Å². The van der Waals surface area contributed by atoms with Gasteiger partial charge < -0.3 is 10.1 Å². The summed E-state index contributed by atoms with van der Waals surface area (Å²) in [6.07, 6.45) is 4.72. The number of hydrogen-bond acceptors (Lipinski definition) is 4. The highest BCUT2D eigenvalue weighted by molar-refractivity contribution is 9.10. The number of pyridine rings is 1. The first-order valence-corrected chi connectivity index (χ1v) is 7.39.